The minimum atomic E-state index is -4.97. The average molecular weight is 1460 g/mol. The lowest BCUT2D eigenvalue weighted by Gasteiger charge is -2.21. The largest absolute Gasteiger partial charge is 0.472 e. The normalized spacial score (nSPS) is 14.2. The Labute approximate surface area is 610 Å². The van der Waals surface area contributed by atoms with E-state index in [1.165, 1.54) is 148 Å². The van der Waals surface area contributed by atoms with Gasteiger partial charge in [0.05, 0.1) is 26.4 Å². The van der Waals surface area contributed by atoms with Crippen molar-refractivity contribution in [1.82, 2.24) is 0 Å². The summed E-state index contributed by atoms with van der Waals surface area (Å²) in [7, 11) is -9.94. The maximum atomic E-state index is 13.1. The highest BCUT2D eigenvalue weighted by Gasteiger charge is 2.30. The standard InChI is InChI=1S/C81H148O17P2/c1-5-9-13-17-21-25-29-33-35-36-37-38-40-44-46-50-54-58-62-66-79(84)92-72-77(98-81(86)68-64-60-56-52-48-42-32-28-24-20-16-12-8-4)74-96-100(89,90)94-70-75(82)69-93-99(87,88)95-73-76(97-80(85)67-63-59-55-51-47-41-31-27-23-19-15-11-7-3)71-91-78(83)65-61-57-53-49-45-43-39-34-30-26-22-18-14-10-6-2/h9,13,21,25,27,31,33,35,37-38,75-77,82H,5-8,10-12,14-20,22-24,26,28-30,32,34,36,39-74H2,1-4H3,(H,87,88)(H,89,90)/b13-9-,25-21-,31-27-,35-33-,38-37-. The maximum Gasteiger partial charge on any atom is 0.472 e. The Balaban J connectivity index is 5.30. The van der Waals surface area contributed by atoms with E-state index in [1.807, 2.05) is 0 Å². The van der Waals surface area contributed by atoms with Gasteiger partial charge in [-0.15, -0.1) is 0 Å². The number of unbranched alkanes of at least 4 members (excludes halogenated alkanes) is 41. The van der Waals surface area contributed by atoms with Gasteiger partial charge in [0.15, 0.2) is 12.2 Å². The van der Waals surface area contributed by atoms with Crippen LogP contribution in [0.1, 0.15) is 374 Å². The molecule has 17 nitrogen and oxygen atoms in total. The molecule has 5 unspecified atom stereocenters. The van der Waals surface area contributed by atoms with Gasteiger partial charge in [-0.3, -0.25) is 37.3 Å². The number of allylic oxidation sites excluding steroid dienone is 10. The molecule has 0 spiro atoms. The van der Waals surface area contributed by atoms with E-state index in [2.05, 4.69) is 88.5 Å². The van der Waals surface area contributed by atoms with Crippen LogP contribution in [0.3, 0.4) is 0 Å². The van der Waals surface area contributed by atoms with Gasteiger partial charge in [-0.05, 0) is 89.9 Å². The van der Waals surface area contributed by atoms with Gasteiger partial charge in [0.1, 0.15) is 19.3 Å². The summed E-state index contributed by atoms with van der Waals surface area (Å²) in [6.45, 7) is 4.80. The lowest BCUT2D eigenvalue weighted by atomic mass is 10.0. The average Bonchev–Trinajstić information content (AvgIpc) is 0.935. The number of aliphatic hydroxyl groups is 1. The second-order valence-corrected chi connectivity index (χ2v) is 30.3. The topological polar surface area (TPSA) is 237 Å². The molecule has 0 bridgehead atoms. The van der Waals surface area contributed by atoms with Gasteiger partial charge in [-0.1, -0.05) is 320 Å². The van der Waals surface area contributed by atoms with Crippen molar-refractivity contribution in [2.75, 3.05) is 39.6 Å². The lowest BCUT2D eigenvalue weighted by molar-refractivity contribution is -0.161. The van der Waals surface area contributed by atoms with Gasteiger partial charge in [0.2, 0.25) is 0 Å². The molecule has 0 saturated heterocycles. The summed E-state index contributed by atoms with van der Waals surface area (Å²) in [5.74, 6) is -2.16. The molecule has 3 N–H and O–H groups in total. The molecule has 0 heterocycles. The van der Waals surface area contributed by atoms with E-state index in [0.29, 0.717) is 25.7 Å². The number of esters is 4. The Kier molecular flexibility index (Phi) is 71.6. The first-order chi connectivity index (χ1) is 48.7. The fraction of sp³-hybridized carbons (Fsp3) is 0.827. The molecule has 0 aromatic heterocycles. The fourth-order valence-electron chi connectivity index (χ4n) is 11.3. The summed E-state index contributed by atoms with van der Waals surface area (Å²) >= 11 is 0. The van der Waals surface area contributed by atoms with Crippen LogP contribution < -0.4 is 0 Å². The summed E-state index contributed by atoms with van der Waals surface area (Å²) in [6, 6.07) is 0. The molecule has 100 heavy (non-hydrogen) atoms. The van der Waals surface area contributed by atoms with E-state index in [0.717, 1.165) is 148 Å². The van der Waals surface area contributed by atoms with Gasteiger partial charge >= 0.3 is 39.5 Å². The highest BCUT2D eigenvalue weighted by Crippen LogP contribution is 2.45. The van der Waals surface area contributed by atoms with Crippen LogP contribution in [0.2, 0.25) is 0 Å². The van der Waals surface area contributed by atoms with Crippen LogP contribution in [-0.2, 0) is 65.4 Å². The van der Waals surface area contributed by atoms with Crippen LogP contribution in [0.25, 0.3) is 0 Å². The van der Waals surface area contributed by atoms with Crippen LogP contribution in [0.4, 0.5) is 0 Å². The molecule has 584 valence electrons. The molecule has 0 saturated carbocycles. The number of rotatable bonds is 77. The molecular weight excluding hydrogens is 1310 g/mol. The van der Waals surface area contributed by atoms with Crippen molar-refractivity contribution in [3.63, 3.8) is 0 Å². The van der Waals surface area contributed by atoms with Crippen LogP contribution in [0.5, 0.6) is 0 Å². The number of ether oxygens (including phenoxy) is 4. The Morgan fingerprint density at radius 3 is 0.820 bits per heavy atom. The molecule has 0 aliphatic carbocycles. The highest BCUT2D eigenvalue weighted by molar-refractivity contribution is 7.47. The zero-order valence-corrected chi connectivity index (χ0v) is 65.7. The van der Waals surface area contributed by atoms with Crippen LogP contribution in [0, 0.1) is 0 Å². The maximum absolute atomic E-state index is 13.1. The van der Waals surface area contributed by atoms with Crippen molar-refractivity contribution in [2.45, 2.75) is 393 Å². The van der Waals surface area contributed by atoms with Gasteiger partial charge < -0.3 is 33.8 Å². The molecule has 0 aliphatic heterocycles. The molecule has 0 amide bonds. The van der Waals surface area contributed by atoms with E-state index >= 15 is 0 Å². The molecule has 0 rings (SSSR count). The Morgan fingerprint density at radius 1 is 0.290 bits per heavy atom. The first-order valence-corrected chi connectivity index (χ1v) is 43.5. The first-order valence-electron chi connectivity index (χ1n) is 40.5. The molecule has 0 radical (unpaired) electrons. The number of hydrogen-bond acceptors (Lipinski definition) is 15. The summed E-state index contributed by atoms with van der Waals surface area (Å²) in [6.07, 6.45) is 73.3. The Bertz CT molecular complexity index is 2130. The number of carbonyl (C=O) groups is 4. The van der Waals surface area contributed by atoms with Gasteiger partial charge in [0.25, 0.3) is 0 Å². The van der Waals surface area contributed by atoms with Crippen molar-refractivity contribution in [2.24, 2.45) is 0 Å². The molecule has 5 atom stereocenters. The van der Waals surface area contributed by atoms with Gasteiger partial charge in [-0.2, -0.15) is 0 Å². The Morgan fingerprint density at radius 2 is 0.520 bits per heavy atom. The molecular formula is C81H148O17P2. The van der Waals surface area contributed by atoms with Gasteiger partial charge in [0, 0.05) is 25.7 Å². The van der Waals surface area contributed by atoms with Crippen molar-refractivity contribution < 1.29 is 80.2 Å². The lowest BCUT2D eigenvalue weighted by Crippen LogP contribution is -2.30. The first kappa shape index (κ1) is 96.8. The molecule has 0 aromatic carbocycles. The summed E-state index contributed by atoms with van der Waals surface area (Å²) < 4.78 is 68.6. The van der Waals surface area contributed by atoms with E-state index in [4.69, 9.17) is 37.0 Å². The smallest absolute Gasteiger partial charge is 0.462 e. The number of phosphoric acid groups is 2. The predicted octanol–water partition coefficient (Wildman–Crippen LogP) is 23.5. The number of phosphoric ester groups is 2. The molecule has 0 aromatic rings. The quantitative estimate of drug-likeness (QED) is 0.0169. The number of hydrogen-bond donors (Lipinski definition) is 3. The zero-order chi connectivity index (χ0) is 73.2. The van der Waals surface area contributed by atoms with Crippen molar-refractivity contribution in [3.8, 4) is 0 Å². The third-order valence-electron chi connectivity index (χ3n) is 17.5. The molecule has 0 aliphatic rings. The Hall–Kier alpha value is -3.24. The third kappa shape index (κ3) is 73.1. The van der Waals surface area contributed by atoms with Crippen molar-refractivity contribution in [3.05, 3.63) is 60.8 Å². The second-order valence-electron chi connectivity index (χ2n) is 27.3. The van der Waals surface area contributed by atoms with E-state index in [1.54, 1.807) is 0 Å². The van der Waals surface area contributed by atoms with Crippen LogP contribution in [-0.4, -0.2) is 96.7 Å². The second kappa shape index (κ2) is 74.0. The SMILES string of the molecule is CC/C=C\C/C=C\C/C=C\C/C=C\CCCCCCCCC(=O)OCC(COP(=O)(O)OCC(O)COP(=O)(O)OCC(COC(=O)CCCCCCCCCCCCCCCCC)OC(=O)CCCCCCC/C=C\CCCCCC)OC(=O)CCCCCCCCCCCCCCC. The highest BCUT2D eigenvalue weighted by atomic mass is 31.2. The van der Waals surface area contributed by atoms with Crippen LogP contribution >= 0.6 is 15.6 Å². The molecule has 0 fully saturated rings. The summed E-state index contributed by atoms with van der Waals surface area (Å²) in [5.41, 5.74) is 0. The summed E-state index contributed by atoms with van der Waals surface area (Å²) in [4.78, 5) is 73.0. The van der Waals surface area contributed by atoms with E-state index < -0.39 is 97.5 Å². The van der Waals surface area contributed by atoms with Crippen molar-refractivity contribution >= 4 is 39.5 Å². The number of aliphatic hydroxyl groups excluding tert-OH is 1. The third-order valence-corrected chi connectivity index (χ3v) is 19.4. The minimum absolute atomic E-state index is 0.0911. The fourth-order valence-corrected chi connectivity index (χ4v) is 12.9. The van der Waals surface area contributed by atoms with Crippen LogP contribution in [0.15, 0.2) is 60.8 Å². The molecule has 19 heteroatoms. The van der Waals surface area contributed by atoms with E-state index in [-0.39, 0.29) is 25.7 Å². The predicted molar refractivity (Wildman–Crippen MR) is 409 cm³/mol. The summed E-state index contributed by atoms with van der Waals surface area (Å²) in [5, 5.41) is 10.6. The van der Waals surface area contributed by atoms with E-state index in [9.17, 15) is 43.2 Å². The van der Waals surface area contributed by atoms with Crippen molar-refractivity contribution in [1.29, 1.82) is 0 Å². The number of carbonyl (C=O) groups excluding carboxylic acids is 4. The van der Waals surface area contributed by atoms with Gasteiger partial charge in [-0.25, -0.2) is 9.13 Å². The zero-order valence-electron chi connectivity index (χ0n) is 63.9. The monoisotopic (exact) mass is 1460 g/mol. The minimum Gasteiger partial charge on any atom is -0.462 e.